The lowest BCUT2D eigenvalue weighted by molar-refractivity contribution is 0.0604. The van der Waals surface area contributed by atoms with Crippen LogP contribution < -0.4 is 5.32 Å². The molecule has 24 heavy (non-hydrogen) atoms. The van der Waals surface area contributed by atoms with Crippen LogP contribution in [0.1, 0.15) is 63.0 Å². The molecule has 1 saturated carbocycles. The Kier molecular flexibility index (Phi) is 4.84. The third-order valence-electron chi connectivity index (χ3n) is 4.14. The summed E-state index contributed by atoms with van der Waals surface area (Å²) in [5, 5.41) is 10.8. The third-order valence-corrected chi connectivity index (χ3v) is 5.10. The molecule has 0 bridgehead atoms. The number of amides is 1. The van der Waals surface area contributed by atoms with Crippen molar-refractivity contribution < 1.29 is 14.3 Å². The second-order valence-electron chi connectivity index (χ2n) is 5.69. The van der Waals surface area contributed by atoms with Crippen molar-refractivity contribution in [3.63, 3.8) is 0 Å². The zero-order valence-electron chi connectivity index (χ0n) is 13.5. The van der Waals surface area contributed by atoms with Crippen LogP contribution in [0, 0.1) is 6.92 Å². The Bertz CT molecular complexity index is 768. The topological polar surface area (TPSA) is 94.1 Å². The van der Waals surface area contributed by atoms with Crippen LogP contribution in [0.25, 0.3) is 0 Å². The van der Waals surface area contributed by atoms with Crippen molar-refractivity contribution >= 4 is 28.3 Å². The predicted molar refractivity (Wildman–Crippen MR) is 89.4 cm³/mol. The van der Waals surface area contributed by atoms with Gasteiger partial charge in [-0.3, -0.25) is 10.1 Å². The highest BCUT2D eigenvalue weighted by atomic mass is 32.1. The number of esters is 1. The summed E-state index contributed by atoms with van der Waals surface area (Å²) in [7, 11) is 1.35. The van der Waals surface area contributed by atoms with Gasteiger partial charge in [0.15, 0.2) is 5.13 Å². The van der Waals surface area contributed by atoms with E-state index >= 15 is 0 Å². The van der Waals surface area contributed by atoms with E-state index in [0.29, 0.717) is 21.3 Å². The van der Waals surface area contributed by atoms with Gasteiger partial charge < -0.3 is 4.74 Å². The maximum atomic E-state index is 12.4. The molecule has 0 atom stereocenters. The summed E-state index contributed by atoms with van der Waals surface area (Å²) in [5.74, 6) is -0.465. The van der Waals surface area contributed by atoms with E-state index in [1.54, 1.807) is 13.0 Å². The molecule has 126 valence electrons. The number of anilines is 1. The van der Waals surface area contributed by atoms with Crippen LogP contribution in [0.5, 0.6) is 0 Å². The lowest BCUT2D eigenvalue weighted by Crippen LogP contribution is -2.14. The molecule has 0 unspecified atom stereocenters. The first-order valence-corrected chi connectivity index (χ1v) is 8.60. The molecule has 0 aliphatic heterocycles. The number of hydrogen-bond acceptors (Lipinski definition) is 7. The molecule has 1 fully saturated rings. The summed E-state index contributed by atoms with van der Waals surface area (Å²) in [6.45, 7) is 1.72. The minimum Gasteiger partial charge on any atom is -0.465 e. The van der Waals surface area contributed by atoms with Gasteiger partial charge in [-0.25, -0.2) is 9.78 Å². The Morgan fingerprint density at radius 2 is 2.08 bits per heavy atom. The SMILES string of the molecule is COC(=O)c1sc(NC(=O)c2ccnnc2C)nc1C1CCCC1. The van der Waals surface area contributed by atoms with Crippen LogP contribution in [0.15, 0.2) is 12.3 Å². The molecule has 2 aromatic rings. The first kappa shape index (κ1) is 16.5. The van der Waals surface area contributed by atoms with Gasteiger partial charge in [0.05, 0.1) is 30.3 Å². The molecule has 0 spiro atoms. The lowest BCUT2D eigenvalue weighted by Gasteiger charge is -2.07. The van der Waals surface area contributed by atoms with Crippen LogP contribution in [0.3, 0.4) is 0 Å². The number of rotatable bonds is 4. The number of carbonyl (C=O) groups excluding carboxylic acids is 2. The van der Waals surface area contributed by atoms with E-state index in [4.69, 9.17) is 4.74 Å². The lowest BCUT2D eigenvalue weighted by atomic mass is 10.0. The first-order valence-electron chi connectivity index (χ1n) is 7.79. The smallest absolute Gasteiger partial charge is 0.350 e. The second kappa shape index (κ2) is 7.04. The van der Waals surface area contributed by atoms with Crippen LogP contribution in [-0.2, 0) is 4.74 Å². The van der Waals surface area contributed by atoms with E-state index in [1.807, 2.05) is 0 Å². The molecule has 2 aromatic heterocycles. The van der Waals surface area contributed by atoms with Gasteiger partial charge >= 0.3 is 5.97 Å². The standard InChI is InChI=1S/C16H18N4O3S/c1-9-11(7-8-17-20-9)14(21)19-16-18-12(10-5-3-4-6-10)13(24-16)15(22)23-2/h7-8,10H,3-6H2,1-2H3,(H,18,19,21). The van der Waals surface area contributed by atoms with Gasteiger partial charge in [-0.15, -0.1) is 0 Å². The number of carbonyl (C=O) groups is 2. The maximum absolute atomic E-state index is 12.4. The van der Waals surface area contributed by atoms with E-state index in [1.165, 1.54) is 13.3 Å². The summed E-state index contributed by atoms with van der Waals surface area (Å²) in [6.07, 6.45) is 5.75. The quantitative estimate of drug-likeness (QED) is 0.856. The number of hydrogen-bond donors (Lipinski definition) is 1. The van der Waals surface area contributed by atoms with Crippen molar-refractivity contribution in [2.75, 3.05) is 12.4 Å². The average Bonchev–Trinajstić information content (AvgIpc) is 3.23. The van der Waals surface area contributed by atoms with Gasteiger partial charge in [-0.1, -0.05) is 24.2 Å². The van der Waals surface area contributed by atoms with E-state index in [-0.39, 0.29) is 11.8 Å². The molecular weight excluding hydrogens is 328 g/mol. The van der Waals surface area contributed by atoms with Crippen LogP contribution in [0.4, 0.5) is 5.13 Å². The number of aryl methyl sites for hydroxylation is 1. The number of methoxy groups -OCH3 is 1. The molecule has 1 amide bonds. The van der Waals surface area contributed by atoms with Gasteiger partial charge in [0.2, 0.25) is 0 Å². The molecule has 2 heterocycles. The summed E-state index contributed by atoms with van der Waals surface area (Å²) < 4.78 is 4.86. The number of aromatic nitrogens is 3. The molecular formula is C16H18N4O3S. The highest BCUT2D eigenvalue weighted by Crippen LogP contribution is 2.38. The van der Waals surface area contributed by atoms with Crippen molar-refractivity contribution in [2.45, 2.75) is 38.5 Å². The largest absolute Gasteiger partial charge is 0.465 e. The molecule has 0 saturated heterocycles. The average molecular weight is 346 g/mol. The fraction of sp³-hybridized carbons (Fsp3) is 0.438. The Morgan fingerprint density at radius 1 is 1.33 bits per heavy atom. The molecule has 1 aliphatic carbocycles. The third kappa shape index (κ3) is 3.28. The minimum atomic E-state index is -0.406. The van der Waals surface area contributed by atoms with Crippen LogP contribution in [0.2, 0.25) is 0 Å². The maximum Gasteiger partial charge on any atom is 0.350 e. The number of nitrogens with one attached hydrogen (secondary N) is 1. The van der Waals surface area contributed by atoms with Gasteiger partial charge in [-0.2, -0.15) is 10.2 Å². The van der Waals surface area contributed by atoms with E-state index in [9.17, 15) is 9.59 Å². The molecule has 0 aromatic carbocycles. The fourth-order valence-corrected chi connectivity index (χ4v) is 3.87. The summed E-state index contributed by atoms with van der Waals surface area (Å²) in [5.41, 5.74) is 1.71. The Morgan fingerprint density at radius 3 is 2.75 bits per heavy atom. The number of ether oxygens (including phenoxy) is 1. The molecule has 3 rings (SSSR count). The summed E-state index contributed by atoms with van der Waals surface area (Å²) >= 11 is 1.15. The van der Waals surface area contributed by atoms with E-state index in [0.717, 1.165) is 42.7 Å². The normalized spacial score (nSPS) is 14.6. The van der Waals surface area contributed by atoms with Gasteiger partial charge in [0, 0.05) is 5.92 Å². The first-order chi connectivity index (χ1) is 11.6. The zero-order valence-corrected chi connectivity index (χ0v) is 14.4. The number of nitrogens with zero attached hydrogens (tertiary/aromatic N) is 3. The molecule has 8 heteroatoms. The predicted octanol–water partition coefficient (Wildman–Crippen LogP) is 2.94. The fourth-order valence-electron chi connectivity index (χ4n) is 2.91. The second-order valence-corrected chi connectivity index (χ2v) is 6.69. The Labute approximate surface area is 143 Å². The van der Waals surface area contributed by atoms with Crippen molar-refractivity contribution in [2.24, 2.45) is 0 Å². The van der Waals surface area contributed by atoms with Gasteiger partial charge in [0.1, 0.15) is 4.88 Å². The van der Waals surface area contributed by atoms with Gasteiger partial charge in [-0.05, 0) is 25.8 Å². The van der Waals surface area contributed by atoms with Crippen molar-refractivity contribution in [3.8, 4) is 0 Å². The molecule has 1 aliphatic rings. The zero-order chi connectivity index (χ0) is 17.1. The molecule has 0 radical (unpaired) electrons. The summed E-state index contributed by atoms with van der Waals surface area (Å²) in [6, 6.07) is 1.60. The van der Waals surface area contributed by atoms with Crippen LogP contribution in [-0.4, -0.2) is 34.2 Å². The Balaban J connectivity index is 1.87. The highest BCUT2D eigenvalue weighted by molar-refractivity contribution is 7.17. The van der Waals surface area contributed by atoms with E-state index in [2.05, 4.69) is 20.5 Å². The van der Waals surface area contributed by atoms with Crippen molar-refractivity contribution in [1.29, 1.82) is 0 Å². The van der Waals surface area contributed by atoms with Crippen LogP contribution >= 0.6 is 11.3 Å². The van der Waals surface area contributed by atoms with Gasteiger partial charge in [0.25, 0.3) is 5.91 Å². The minimum absolute atomic E-state index is 0.255. The van der Waals surface area contributed by atoms with E-state index < -0.39 is 5.97 Å². The Hall–Kier alpha value is -2.35. The highest BCUT2D eigenvalue weighted by Gasteiger charge is 2.28. The molecule has 7 nitrogen and oxygen atoms in total. The monoisotopic (exact) mass is 346 g/mol. The number of thiazole rings is 1. The summed E-state index contributed by atoms with van der Waals surface area (Å²) in [4.78, 5) is 29.4. The van der Waals surface area contributed by atoms with Crippen molar-refractivity contribution in [3.05, 3.63) is 34.1 Å². The van der Waals surface area contributed by atoms with Crippen molar-refractivity contribution in [1.82, 2.24) is 15.2 Å². The molecule has 1 N–H and O–H groups in total.